The smallest absolute Gasteiger partial charge is 0.119 e. The first-order valence-corrected chi connectivity index (χ1v) is 7.59. The van der Waals surface area contributed by atoms with Crippen molar-refractivity contribution in [3.05, 3.63) is 59.4 Å². The number of pyridine rings is 1. The number of ether oxygens (including phenoxy) is 1. The van der Waals surface area contributed by atoms with Crippen LogP contribution in [0.3, 0.4) is 0 Å². The highest BCUT2D eigenvalue weighted by Crippen LogP contribution is 2.15. The lowest BCUT2D eigenvalue weighted by atomic mass is 10.2. The average Bonchev–Trinajstić information content (AvgIpc) is 2.58. The number of nitriles is 1. The van der Waals surface area contributed by atoms with Gasteiger partial charge < -0.3 is 4.74 Å². The van der Waals surface area contributed by atoms with Gasteiger partial charge in [-0.1, -0.05) is 38.0 Å². The summed E-state index contributed by atoms with van der Waals surface area (Å²) in [6, 6.07) is 13.7. The fraction of sp³-hybridized carbons (Fsp3) is 0.263. The van der Waals surface area contributed by atoms with Crippen molar-refractivity contribution in [2.75, 3.05) is 6.61 Å². The lowest BCUT2D eigenvalue weighted by Crippen LogP contribution is -1.96. The molecule has 1 heterocycles. The number of benzene rings is 1. The minimum atomic E-state index is 0.571. The molecule has 0 bridgehead atoms. The number of nitrogens with zero attached hydrogens (tertiary/aromatic N) is 2. The highest BCUT2D eigenvalue weighted by Gasteiger charge is 1.95. The Balaban J connectivity index is 1.90. The Labute approximate surface area is 131 Å². The molecular weight excluding hydrogens is 272 g/mol. The van der Waals surface area contributed by atoms with Crippen LogP contribution in [0.25, 0.3) is 12.2 Å². The summed E-state index contributed by atoms with van der Waals surface area (Å²) in [5, 5.41) is 8.73. The van der Waals surface area contributed by atoms with Crippen LogP contribution < -0.4 is 4.74 Å². The Bertz CT molecular complexity index is 637. The predicted molar refractivity (Wildman–Crippen MR) is 89.3 cm³/mol. The van der Waals surface area contributed by atoms with Gasteiger partial charge in [-0.2, -0.15) is 5.26 Å². The predicted octanol–water partition coefficient (Wildman–Crippen LogP) is 4.69. The maximum Gasteiger partial charge on any atom is 0.119 e. The van der Waals surface area contributed by atoms with E-state index in [1.807, 2.05) is 42.5 Å². The minimum absolute atomic E-state index is 0.571. The third kappa shape index (κ3) is 5.06. The van der Waals surface area contributed by atoms with E-state index in [9.17, 15) is 0 Å². The molecule has 3 nitrogen and oxygen atoms in total. The van der Waals surface area contributed by atoms with E-state index < -0.39 is 0 Å². The molecule has 1 aromatic heterocycles. The molecule has 0 radical (unpaired) electrons. The second-order valence-electron chi connectivity index (χ2n) is 5.04. The summed E-state index contributed by atoms with van der Waals surface area (Å²) in [5.41, 5.74) is 2.49. The first-order valence-electron chi connectivity index (χ1n) is 7.59. The molecule has 0 N–H and O–H groups in total. The second kappa shape index (κ2) is 8.63. The van der Waals surface area contributed by atoms with Gasteiger partial charge in [0.15, 0.2) is 0 Å². The highest BCUT2D eigenvalue weighted by atomic mass is 16.5. The van der Waals surface area contributed by atoms with Crippen LogP contribution in [-0.2, 0) is 0 Å². The second-order valence-corrected chi connectivity index (χ2v) is 5.04. The molecule has 0 fully saturated rings. The standard InChI is InChI=1S/C19H20N2O/c1-2-3-4-13-22-19-11-7-16(8-12-19)5-9-18-10-6-17(14-20)15-21-18/h5-12,15H,2-4,13H2,1H3/b9-5+. The van der Waals surface area contributed by atoms with Crippen LogP contribution >= 0.6 is 0 Å². The molecule has 0 aliphatic rings. The summed E-state index contributed by atoms with van der Waals surface area (Å²) < 4.78 is 5.68. The van der Waals surface area contributed by atoms with E-state index in [4.69, 9.17) is 10.00 Å². The SMILES string of the molecule is CCCCCOc1ccc(/C=C/c2ccc(C#N)cn2)cc1. The fourth-order valence-electron chi connectivity index (χ4n) is 1.97. The van der Waals surface area contributed by atoms with Crippen LogP contribution in [-0.4, -0.2) is 11.6 Å². The molecule has 0 saturated heterocycles. The van der Waals surface area contributed by atoms with Gasteiger partial charge in [0, 0.05) is 6.20 Å². The average molecular weight is 292 g/mol. The van der Waals surface area contributed by atoms with Crippen molar-refractivity contribution in [2.24, 2.45) is 0 Å². The zero-order valence-corrected chi connectivity index (χ0v) is 12.8. The molecule has 0 amide bonds. The van der Waals surface area contributed by atoms with Crippen molar-refractivity contribution in [1.82, 2.24) is 4.98 Å². The molecule has 1 aromatic carbocycles. The monoisotopic (exact) mass is 292 g/mol. The van der Waals surface area contributed by atoms with E-state index in [2.05, 4.69) is 18.0 Å². The van der Waals surface area contributed by atoms with Gasteiger partial charge in [-0.05, 0) is 42.3 Å². The topological polar surface area (TPSA) is 45.9 Å². The summed E-state index contributed by atoms with van der Waals surface area (Å²) in [4.78, 5) is 4.21. The summed E-state index contributed by atoms with van der Waals surface area (Å²) >= 11 is 0. The van der Waals surface area contributed by atoms with E-state index in [-0.39, 0.29) is 0 Å². The molecule has 0 aliphatic heterocycles. The van der Waals surface area contributed by atoms with Gasteiger partial charge in [0.25, 0.3) is 0 Å². The number of aromatic nitrogens is 1. The molecule has 22 heavy (non-hydrogen) atoms. The Morgan fingerprint density at radius 3 is 2.55 bits per heavy atom. The van der Waals surface area contributed by atoms with Crippen LogP contribution in [0, 0.1) is 11.3 Å². The van der Waals surface area contributed by atoms with Crippen molar-refractivity contribution in [1.29, 1.82) is 5.26 Å². The van der Waals surface area contributed by atoms with Gasteiger partial charge >= 0.3 is 0 Å². The molecule has 3 heteroatoms. The van der Waals surface area contributed by atoms with E-state index >= 15 is 0 Å². The van der Waals surface area contributed by atoms with Crippen LogP contribution in [0.1, 0.15) is 43.0 Å². The van der Waals surface area contributed by atoms with Gasteiger partial charge in [-0.25, -0.2) is 0 Å². The summed E-state index contributed by atoms with van der Waals surface area (Å²) in [5.74, 6) is 0.907. The quantitative estimate of drug-likeness (QED) is 0.695. The summed E-state index contributed by atoms with van der Waals surface area (Å²) in [6.07, 6.45) is 9.01. The van der Waals surface area contributed by atoms with Crippen LogP contribution in [0.4, 0.5) is 0 Å². The highest BCUT2D eigenvalue weighted by molar-refractivity contribution is 5.68. The van der Waals surface area contributed by atoms with Gasteiger partial charge in [-0.3, -0.25) is 4.98 Å². The van der Waals surface area contributed by atoms with Gasteiger partial charge in [0.1, 0.15) is 11.8 Å². The van der Waals surface area contributed by atoms with Crippen LogP contribution in [0.5, 0.6) is 5.75 Å². The third-order valence-electron chi connectivity index (χ3n) is 3.26. The number of hydrogen-bond donors (Lipinski definition) is 0. The van der Waals surface area contributed by atoms with E-state index in [0.29, 0.717) is 5.56 Å². The fourth-order valence-corrected chi connectivity index (χ4v) is 1.97. The lowest BCUT2D eigenvalue weighted by Gasteiger charge is -2.05. The van der Waals surface area contributed by atoms with Gasteiger partial charge in [0.05, 0.1) is 17.9 Å². The maximum atomic E-state index is 8.73. The first kappa shape index (κ1) is 15.8. The van der Waals surface area contributed by atoms with Crippen molar-refractivity contribution in [2.45, 2.75) is 26.2 Å². The molecule has 0 aliphatic carbocycles. The molecule has 0 spiro atoms. The zero-order chi connectivity index (χ0) is 15.6. The van der Waals surface area contributed by atoms with Crippen LogP contribution in [0.2, 0.25) is 0 Å². The molecule has 0 atom stereocenters. The summed E-state index contributed by atoms with van der Waals surface area (Å²) in [6.45, 7) is 2.96. The largest absolute Gasteiger partial charge is 0.494 e. The third-order valence-corrected chi connectivity index (χ3v) is 3.26. The molecule has 2 rings (SSSR count). The van der Waals surface area contributed by atoms with Gasteiger partial charge in [0.2, 0.25) is 0 Å². The van der Waals surface area contributed by atoms with E-state index in [1.165, 1.54) is 12.8 Å². The van der Waals surface area contributed by atoms with E-state index in [0.717, 1.165) is 30.0 Å². The molecule has 112 valence electrons. The van der Waals surface area contributed by atoms with Crippen molar-refractivity contribution in [3.8, 4) is 11.8 Å². The number of hydrogen-bond acceptors (Lipinski definition) is 3. The number of rotatable bonds is 7. The van der Waals surface area contributed by atoms with Crippen molar-refractivity contribution in [3.63, 3.8) is 0 Å². The van der Waals surface area contributed by atoms with Crippen LogP contribution in [0.15, 0.2) is 42.6 Å². The molecule has 0 unspecified atom stereocenters. The first-order chi connectivity index (χ1) is 10.8. The van der Waals surface area contributed by atoms with Crippen molar-refractivity contribution < 1.29 is 4.74 Å². The van der Waals surface area contributed by atoms with E-state index in [1.54, 1.807) is 12.3 Å². The lowest BCUT2D eigenvalue weighted by molar-refractivity contribution is 0.306. The number of unbranched alkanes of at least 4 members (excludes halogenated alkanes) is 2. The maximum absolute atomic E-state index is 8.73. The Hall–Kier alpha value is -2.60. The van der Waals surface area contributed by atoms with Crippen molar-refractivity contribution >= 4 is 12.2 Å². The Morgan fingerprint density at radius 1 is 1.09 bits per heavy atom. The zero-order valence-electron chi connectivity index (χ0n) is 12.8. The minimum Gasteiger partial charge on any atom is -0.494 e. The Kier molecular flexibility index (Phi) is 6.19. The Morgan fingerprint density at radius 2 is 1.91 bits per heavy atom. The normalized spacial score (nSPS) is 10.5. The molecule has 0 saturated carbocycles. The van der Waals surface area contributed by atoms with Gasteiger partial charge in [-0.15, -0.1) is 0 Å². The summed E-state index contributed by atoms with van der Waals surface area (Å²) in [7, 11) is 0. The molecule has 2 aromatic rings. The molecular formula is C19H20N2O.